The minimum atomic E-state index is -0.0772. The molecular formula is C20H21N3OS. The van der Waals surface area contributed by atoms with Gasteiger partial charge in [0, 0.05) is 28.7 Å². The summed E-state index contributed by atoms with van der Waals surface area (Å²) in [7, 11) is 0. The van der Waals surface area contributed by atoms with Crippen molar-refractivity contribution in [1.82, 2.24) is 10.2 Å². The lowest BCUT2D eigenvalue weighted by molar-refractivity contribution is -0.0735. The van der Waals surface area contributed by atoms with Crippen molar-refractivity contribution >= 4 is 27.9 Å². The predicted molar refractivity (Wildman–Crippen MR) is 101 cm³/mol. The Labute approximate surface area is 151 Å². The van der Waals surface area contributed by atoms with Crippen molar-refractivity contribution in [2.75, 3.05) is 24.6 Å². The highest BCUT2D eigenvalue weighted by molar-refractivity contribution is 7.10. The number of aromatic nitrogens is 2. The molecule has 25 heavy (non-hydrogen) atoms. The van der Waals surface area contributed by atoms with E-state index in [1.165, 1.54) is 21.2 Å². The largest absolute Gasteiger partial charge is 0.369 e. The number of aryl methyl sites for hydroxylation is 1. The first kappa shape index (κ1) is 15.3. The van der Waals surface area contributed by atoms with Gasteiger partial charge in [0.25, 0.3) is 0 Å². The van der Waals surface area contributed by atoms with Crippen LogP contribution in [0.5, 0.6) is 0 Å². The van der Waals surface area contributed by atoms with Gasteiger partial charge >= 0.3 is 0 Å². The molecule has 1 fully saturated rings. The number of anilines is 1. The molecule has 2 aliphatic heterocycles. The van der Waals surface area contributed by atoms with E-state index in [0.29, 0.717) is 0 Å². The summed E-state index contributed by atoms with van der Waals surface area (Å²) in [5.74, 6) is 1.01. The van der Waals surface area contributed by atoms with E-state index in [2.05, 4.69) is 50.8 Å². The lowest BCUT2D eigenvalue weighted by atomic mass is 9.85. The maximum Gasteiger partial charge on any atom is 0.159 e. The number of fused-ring (bicyclic) bond motifs is 3. The minimum Gasteiger partial charge on any atom is -0.369 e. The van der Waals surface area contributed by atoms with E-state index < -0.39 is 0 Å². The Morgan fingerprint density at radius 1 is 1.08 bits per heavy atom. The molecule has 0 unspecified atom stereocenters. The predicted octanol–water partition coefficient (Wildman–Crippen LogP) is 4.07. The number of thiophene rings is 1. The van der Waals surface area contributed by atoms with Gasteiger partial charge in [-0.05, 0) is 43.2 Å². The summed E-state index contributed by atoms with van der Waals surface area (Å²) in [6.45, 7) is 4.79. The van der Waals surface area contributed by atoms with Crippen LogP contribution < -0.4 is 4.90 Å². The number of piperidine rings is 1. The maximum absolute atomic E-state index is 6.33. The van der Waals surface area contributed by atoms with E-state index in [4.69, 9.17) is 4.74 Å². The van der Waals surface area contributed by atoms with E-state index in [1.807, 2.05) is 18.3 Å². The molecule has 0 atom stereocenters. The monoisotopic (exact) mass is 351 g/mol. The molecule has 4 nitrogen and oxygen atoms in total. The highest BCUT2D eigenvalue weighted by Crippen LogP contribution is 2.45. The summed E-state index contributed by atoms with van der Waals surface area (Å²) in [6.07, 6.45) is 3.09. The van der Waals surface area contributed by atoms with Crippen LogP contribution in [0.4, 0.5) is 5.82 Å². The van der Waals surface area contributed by atoms with Crippen LogP contribution in [0, 0.1) is 6.92 Å². The molecule has 3 aromatic rings. The Morgan fingerprint density at radius 3 is 2.72 bits per heavy atom. The number of rotatable bonds is 1. The summed E-state index contributed by atoms with van der Waals surface area (Å²) in [5.41, 5.74) is 2.41. The molecular weight excluding hydrogens is 330 g/mol. The van der Waals surface area contributed by atoms with Crippen molar-refractivity contribution in [2.24, 2.45) is 0 Å². The third kappa shape index (κ3) is 2.37. The van der Waals surface area contributed by atoms with Crippen molar-refractivity contribution in [3.63, 3.8) is 0 Å². The zero-order chi connectivity index (χ0) is 16.9. The van der Waals surface area contributed by atoms with Crippen LogP contribution in [-0.2, 0) is 16.8 Å². The molecule has 2 aliphatic rings. The summed E-state index contributed by atoms with van der Waals surface area (Å²) >= 11 is 1.86. The molecule has 2 aromatic heterocycles. The number of nitrogens with zero attached hydrogens (tertiary/aromatic N) is 3. The van der Waals surface area contributed by atoms with Crippen LogP contribution in [-0.4, -0.2) is 29.9 Å². The second-order valence-electron chi connectivity index (χ2n) is 7.01. The fourth-order valence-corrected chi connectivity index (χ4v) is 5.43. The Hall–Kier alpha value is -1.98. The Kier molecular flexibility index (Phi) is 3.54. The summed E-state index contributed by atoms with van der Waals surface area (Å²) in [5, 5.41) is 13.5. The van der Waals surface area contributed by atoms with E-state index in [0.717, 1.165) is 50.5 Å². The van der Waals surface area contributed by atoms with Crippen LogP contribution in [0.3, 0.4) is 0 Å². The number of hydrogen-bond donors (Lipinski definition) is 0. The minimum absolute atomic E-state index is 0.0772. The van der Waals surface area contributed by atoms with E-state index in [1.54, 1.807) is 0 Å². The first-order valence-electron chi connectivity index (χ1n) is 8.95. The van der Waals surface area contributed by atoms with Crippen LogP contribution >= 0.6 is 11.3 Å². The summed E-state index contributed by atoms with van der Waals surface area (Å²) in [6, 6.07) is 10.7. The van der Waals surface area contributed by atoms with Gasteiger partial charge in [-0.25, -0.2) is 0 Å². The smallest absolute Gasteiger partial charge is 0.159 e. The Balaban J connectivity index is 1.46. The number of benzene rings is 1. The summed E-state index contributed by atoms with van der Waals surface area (Å²) < 4.78 is 6.33. The fourth-order valence-electron chi connectivity index (χ4n) is 4.26. The van der Waals surface area contributed by atoms with Gasteiger partial charge in [0.05, 0.1) is 12.3 Å². The third-order valence-corrected chi connectivity index (χ3v) is 6.78. The zero-order valence-corrected chi connectivity index (χ0v) is 15.2. The second-order valence-corrected chi connectivity index (χ2v) is 7.93. The molecule has 0 saturated carbocycles. The molecule has 0 N–H and O–H groups in total. The van der Waals surface area contributed by atoms with E-state index in [9.17, 15) is 0 Å². The highest BCUT2D eigenvalue weighted by Gasteiger charge is 2.42. The van der Waals surface area contributed by atoms with Crippen molar-refractivity contribution in [3.8, 4) is 0 Å². The molecule has 1 aromatic carbocycles. The second kappa shape index (κ2) is 5.78. The molecule has 0 aliphatic carbocycles. The Bertz CT molecular complexity index is 928. The SMILES string of the molecule is Cc1nnc(N2CCC3(CC2)OCCc2ccsc23)c2ccccc12. The fraction of sp³-hybridized carbons (Fsp3) is 0.400. The van der Waals surface area contributed by atoms with Gasteiger partial charge in [-0.2, -0.15) is 5.10 Å². The topological polar surface area (TPSA) is 38.2 Å². The Morgan fingerprint density at radius 2 is 1.88 bits per heavy atom. The quantitative estimate of drug-likeness (QED) is 0.662. The molecule has 0 bridgehead atoms. The van der Waals surface area contributed by atoms with Gasteiger partial charge in [0.1, 0.15) is 5.60 Å². The van der Waals surface area contributed by atoms with Gasteiger partial charge in [-0.3, -0.25) is 0 Å². The first-order chi connectivity index (χ1) is 12.3. The molecule has 128 valence electrons. The number of ether oxygens (including phenoxy) is 1. The van der Waals surface area contributed by atoms with Crippen LogP contribution in [0.15, 0.2) is 35.7 Å². The summed E-state index contributed by atoms with van der Waals surface area (Å²) in [4.78, 5) is 3.84. The van der Waals surface area contributed by atoms with Gasteiger partial charge in [-0.15, -0.1) is 16.4 Å². The van der Waals surface area contributed by atoms with Crippen LogP contribution in [0.25, 0.3) is 10.8 Å². The maximum atomic E-state index is 6.33. The average molecular weight is 351 g/mol. The molecule has 5 rings (SSSR count). The van der Waals surface area contributed by atoms with Gasteiger partial charge < -0.3 is 9.64 Å². The zero-order valence-electron chi connectivity index (χ0n) is 14.4. The standard InChI is InChI=1S/C20H21N3OS/c1-14-16-4-2-3-5-17(16)19(22-21-14)23-10-8-20(9-11-23)18-15(6-12-24-20)7-13-25-18/h2-5,7,13H,6,8-12H2,1H3. The van der Waals surface area contributed by atoms with Gasteiger partial charge in [-0.1, -0.05) is 24.3 Å². The van der Waals surface area contributed by atoms with Gasteiger partial charge in [0.2, 0.25) is 0 Å². The van der Waals surface area contributed by atoms with Gasteiger partial charge in [0.15, 0.2) is 5.82 Å². The number of hydrogen-bond acceptors (Lipinski definition) is 5. The van der Waals surface area contributed by atoms with E-state index in [-0.39, 0.29) is 5.60 Å². The molecule has 5 heteroatoms. The van der Waals surface area contributed by atoms with Crippen molar-refractivity contribution in [3.05, 3.63) is 51.8 Å². The average Bonchev–Trinajstić information content (AvgIpc) is 3.14. The molecule has 4 heterocycles. The highest BCUT2D eigenvalue weighted by atomic mass is 32.1. The molecule has 1 saturated heterocycles. The lowest BCUT2D eigenvalue weighted by Gasteiger charge is -2.44. The van der Waals surface area contributed by atoms with E-state index >= 15 is 0 Å². The van der Waals surface area contributed by atoms with Crippen LogP contribution in [0.2, 0.25) is 0 Å². The normalized spacial score (nSPS) is 19.3. The lowest BCUT2D eigenvalue weighted by Crippen LogP contribution is -2.46. The van der Waals surface area contributed by atoms with Crippen molar-refractivity contribution in [2.45, 2.75) is 31.8 Å². The molecule has 0 amide bonds. The van der Waals surface area contributed by atoms with Crippen LogP contribution in [0.1, 0.15) is 29.0 Å². The molecule has 1 spiro atoms. The van der Waals surface area contributed by atoms with Crippen molar-refractivity contribution in [1.29, 1.82) is 0 Å². The third-order valence-electron chi connectivity index (χ3n) is 5.63. The van der Waals surface area contributed by atoms with Crippen molar-refractivity contribution < 1.29 is 4.74 Å². The molecule has 0 radical (unpaired) electrons. The first-order valence-corrected chi connectivity index (χ1v) is 9.83.